The highest BCUT2D eigenvalue weighted by Gasteiger charge is 2.37. The molecule has 1 aliphatic rings. The summed E-state index contributed by atoms with van der Waals surface area (Å²) in [6, 6.07) is 12.6. The molecule has 1 atom stereocenters. The van der Waals surface area contributed by atoms with Crippen molar-refractivity contribution in [2.24, 2.45) is 0 Å². The molecule has 2 aromatic carbocycles. The topological polar surface area (TPSA) is 68.5 Å². The van der Waals surface area contributed by atoms with E-state index < -0.39 is 11.7 Å². The Morgan fingerprint density at radius 1 is 1.15 bits per heavy atom. The third-order valence-electron chi connectivity index (χ3n) is 5.57. The average molecular weight is 459 g/mol. The number of alkyl halides is 3. The lowest BCUT2D eigenvalue weighted by atomic mass is 10.1. The van der Waals surface area contributed by atoms with Gasteiger partial charge in [0.05, 0.1) is 18.1 Å². The first-order chi connectivity index (χ1) is 15.8. The van der Waals surface area contributed by atoms with Crippen molar-refractivity contribution in [2.45, 2.75) is 44.8 Å². The number of ether oxygens (including phenoxy) is 1. The molecule has 0 saturated carbocycles. The number of unbranched alkanes of at least 4 members (excludes halogenated alkanes) is 1. The van der Waals surface area contributed by atoms with E-state index in [2.05, 4.69) is 17.1 Å². The lowest BCUT2D eigenvalue weighted by Crippen LogP contribution is -2.26. The van der Waals surface area contributed by atoms with Crippen LogP contribution in [0.25, 0.3) is 11.4 Å². The van der Waals surface area contributed by atoms with E-state index in [-0.39, 0.29) is 36.9 Å². The van der Waals surface area contributed by atoms with Gasteiger partial charge < -0.3 is 14.2 Å². The van der Waals surface area contributed by atoms with Gasteiger partial charge in [0.2, 0.25) is 17.6 Å². The number of nitrogens with zero attached hydrogens (tertiary/aromatic N) is 3. The Balaban J connectivity index is 1.42. The summed E-state index contributed by atoms with van der Waals surface area (Å²) in [5.74, 6) is 0.831. The summed E-state index contributed by atoms with van der Waals surface area (Å²) in [5, 5.41) is 4.01. The van der Waals surface area contributed by atoms with Crippen LogP contribution in [0, 0.1) is 0 Å². The normalized spacial score (nSPS) is 16.4. The van der Waals surface area contributed by atoms with Crippen molar-refractivity contribution in [3.8, 4) is 17.1 Å². The van der Waals surface area contributed by atoms with Crippen molar-refractivity contribution in [2.75, 3.05) is 13.2 Å². The van der Waals surface area contributed by atoms with Crippen molar-refractivity contribution in [1.29, 1.82) is 0 Å². The first-order valence-electron chi connectivity index (χ1n) is 10.8. The number of aromatic nitrogens is 2. The van der Waals surface area contributed by atoms with Crippen LogP contribution in [0.4, 0.5) is 13.2 Å². The number of hydrogen-bond acceptors (Lipinski definition) is 5. The van der Waals surface area contributed by atoms with Gasteiger partial charge in [0.25, 0.3) is 0 Å². The summed E-state index contributed by atoms with van der Waals surface area (Å²) in [6.07, 6.45) is -2.33. The molecule has 1 fully saturated rings. The Kier molecular flexibility index (Phi) is 6.67. The molecule has 2 heterocycles. The average Bonchev–Trinajstić information content (AvgIpc) is 3.41. The van der Waals surface area contributed by atoms with Crippen molar-refractivity contribution in [3.63, 3.8) is 0 Å². The van der Waals surface area contributed by atoms with Crippen LogP contribution in [0.5, 0.6) is 5.75 Å². The highest BCUT2D eigenvalue weighted by atomic mass is 19.4. The van der Waals surface area contributed by atoms with Crippen LogP contribution in [0.2, 0.25) is 0 Å². The van der Waals surface area contributed by atoms with Crippen molar-refractivity contribution in [1.82, 2.24) is 15.0 Å². The fourth-order valence-electron chi connectivity index (χ4n) is 3.78. The van der Waals surface area contributed by atoms with Crippen molar-refractivity contribution in [3.05, 3.63) is 65.5 Å². The maximum Gasteiger partial charge on any atom is 0.416 e. The summed E-state index contributed by atoms with van der Waals surface area (Å²) in [7, 11) is 0. The van der Waals surface area contributed by atoms with Gasteiger partial charge in [-0.05, 0) is 42.3 Å². The monoisotopic (exact) mass is 459 g/mol. The first kappa shape index (κ1) is 22.8. The van der Waals surface area contributed by atoms with Gasteiger partial charge in [-0.1, -0.05) is 36.7 Å². The molecule has 33 heavy (non-hydrogen) atoms. The molecule has 0 radical (unpaired) electrons. The molecule has 1 amide bonds. The zero-order valence-electron chi connectivity index (χ0n) is 18.1. The highest BCUT2D eigenvalue weighted by Crippen LogP contribution is 2.35. The van der Waals surface area contributed by atoms with Gasteiger partial charge in [-0.2, -0.15) is 18.2 Å². The zero-order chi connectivity index (χ0) is 23.4. The summed E-state index contributed by atoms with van der Waals surface area (Å²) >= 11 is 0. The van der Waals surface area contributed by atoms with E-state index in [9.17, 15) is 18.0 Å². The third kappa shape index (κ3) is 5.35. The number of carbonyl (C=O) groups is 1. The Hall–Kier alpha value is -3.36. The van der Waals surface area contributed by atoms with Crippen LogP contribution in [-0.2, 0) is 17.5 Å². The molecule has 0 spiro atoms. The molecule has 1 saturated heterocycles. The van der Waals surface area contributed by atoms with Gasteiger partial charge >= 0.3 is 6.18 Å². The van der Waals surface area contributed by atoms with Gasteiger partial charge in [-0.15, -0.1) is 0 Å². The molecule has 3 aromatic rings. The molecular weight excluding hydrogens is 435 g/mol. The smallest absolute Gasteiger partial charge is 0.416 e. The molecule has 1 aliphatic heterocycles. The van der Waals surface area contributed by atoms with Crippen LogP contribution in [0.3, 0.4) is 0 Å². The number of halogens is 3. The second kappa shape index (κ2) is 9.64. The summed E-state index contributed by atoms with van der Waals surface area (Å²) in [5.41, 5.74) is 0.0723. The molecular formula is C24H24F3N3O3. The summed E-state index contributed by atoms with van der Waals surface area (Å²) in [6.45, 7) is 2.85. The predicted octanol–water partition coefficient (Wildman–Crippen LogP) is 5.45. The quantitative estimate of drug-likeness (QED) is 0.419. The van der Waals surface area contributed by atoms with Crippen LogP contribution in [-0.4, -0.2) is 34.1 Å². The SMILES string of the molecule is CCCCOc1ccc(-c2noc(C3CC(=O)N(Cc4ccccc4C(F)(F)F)C3)n2)cc1. The van der Waals surface area contributed by atoms with E-state index in [0.717, 1.165) is 30.2 Å². The molecule has 4 rings (SSSR count). The summed E-state index contributed by atoms with van der Waals surface area (Å²) in [4.78, 5) is 18.3. The molecule has 9 heteroatoms. The summed E-state index contributed by atoms with van der Waals surface area (Å²) < 4.78 is 50.9. The third-order valence-corrected chi connectivity index (χ3v) is 5.57. The lowest BCUT2D eigenvalue weighted by molar-refractivity contribution is -0.139. The van der Waals surface area contributed by atoms with E-state index in [1.165, 1.54) is 23.1 Å². The van der Waals surface area contributed by atoms with Gasteiger partial charge in [0.1, 0.15) is 5.75 Å². The van der Waals surface area contributed by atoms with E-state index in [4.69, 9.17) is 9.26 Å². The fraction of sp³-hybridized carbons (Fsp3) is 0.375. The molecule has 174 valence electrons. The Morgan fingerprint density at radius 2 is 1.91 bits per heavy atom. The van der Waals surface area contributed by atoms with Gasteiger partial charge in [0.15, 0.2) is 0 Å². The lowest BCUT2D eigenvalue weighted by Gasteiger charge is -2.19. The van der Waals surface area contributed by atoms with Crippen molar-refractivity contribution >= 4 is 5.91 Å². The number of hydrogen-bond donors (Lipinski definition) is 0. The molecule has 0 N–H and O–H groups in total. The van der Waals surface area contributed by atoms with Crippen LogP contribution in [0.15, 0.2) is 53.1 Å². The predicted molar refractivity (Wildman–Crippen MR) is 114 cm³/mol. The minimum absolute atomic E-state index is 0.0615. The van der Waals surface area contributed by atoms with Gasteiger partial charge in [0, 0.05) is 25.1 Å². The zero-order valence-corrected chi connectivity index (χ0v) is 18.1. The highest BCUT2D eigenvalue weighted by molar-refractivity contribution is 5.79. The largest absolute Gasteiger partial charge is 0.494 e. The first-order valence-corrected chi connectivity index (χ1v) is 10.8. The molecule has 1 unspecified atom stereocenters. The number of rotatable bonds is 8. The second-order valence-corrected chi connectivity index (χ2v) is 8.01. The number of benzene rings is 2. The fourth-order valence-corrected chi connectivity index (χ4v) is 3.78. The maximum atomic E-state index is 13.3. The van der Waals surface area contributed by atoms with Crippen LogP contribution in [0.1, 0.15) is 49.1 Å². The number of carbonyl (C=O) groups excluding carboxylic acids is 1. The van der Waals surface area contributed by atoms with E-state index in [0.29, 0.717) is 18.3 Å². The Bertz CT molecular complexity index is 1100. The molecule has 0 aliphatic carbocycles. The van der Waals surface area contributed by atoms with Gasteiger partial charge in [-0.25, -0.2) is 0 Å². The molecule has 0 bridgehead atoms. The maximum absolute atomic E-state index is 13.3. The number of amides is 1. The minimum atomic E-state index is -4.48. The van der Waals surface area contributed by atoms with Gasteiger partial charge in [-0.3, -0.25) is 4.79 Å². The second-order valence-electron chi connectivity index (χ2n) is 8.01. The van der Waals surface area contributed by atoms with Crippen LogP contribution < -0.4 is 4.74 Å². The van der Waals surface area contributed by atoms with Crippen LogP contribution >= 0.6 is 0 Å². The van der Waals surface area contributed by atoms with E-state index >= 15 is 0 Å². The number of likely N-dealkylation sites (tertiary alicyclic amines) is 1. The van der Waals surface area contributed by atoms with Crippen molar-refractivity contribution < 1.29 is 27.2 Å². The Labute approximate surface area is 189 Å². The standard InChI is InChI=1S/C24H24F3N3O3/c1-2-3-12-32-19-10-8-16(9-11-19)22-28-23(33-29-22)18-13-21(31)30(15-18)14-17-6-4-5-7-20(17)24(25,26)27/h4-11,18H,2-3,12-15H2,1H3. The molecule has 1 aromatic heterocycles. The van der Waals surface area contributed by atoms with E-state index in [1.54, 1.807) is 0 Å². The molecule has 6 nitrogen and oxygen atoms in total. The Morgan fingerprint density at radius 3 is 2.64 bits per heavy atom. The van der Waals surface area contributed by atoms with E-state index in [1.807, 2.05) is 24.3 Å². The minimum Gasteiger partial charge on any atom is -0.494 e.